The second-order valence-electron chi connectivity index (χ2n) is 7.45. The van der Waals surface area contributed by atoms with Crippen LogP contribution < -0.4 is 10.6 Å². The maximum atomic E-state index is 13.1. The van der Waals surface area contributed by atoms with Crippen LogP contribution in [0.1, 0.15) is 50.2 Å². The molecular weight excluding hydrogens is 386 g/mol. The Morgan fingerprint density at radius 3 is 2.63 bits per heavy atom. The summed E-state index contributed by atoms with van der Waals surface area (Å²) < 4.78 is 0. The zero-order valence-corrected chi connectivity index (χ0v) is 16.4. The number of carbonyl (C=O) groups is 4. The van der Waals surface area contributed by atoms with Crippen molar-refractivity contribution in [2.24, 2.45) is 0 Å². The molecule has 2 heterocycles. The van der Waals surface area contributed by atoms with E-state index in [-0.39, 0.29) is 30.6 Å². The summed E-state index contributed by atoms with van der Waals surface area (Å²) in [5.41, 5.74) is 3.78. The van der Waals surface area contributed by atoms with E-state index in [1.807, 2.05) is 25.1 Å². The van der Waals surface area contributed by atoms with Gasteiger partial charge in [-0.05, 0) is 42.2 Å². The molecule has 1 fully saturated rings. The number of piperidine rings is 1. The monoisotopic (exact) mass is 407 g/mol. The molecule has 1 unspecified atom stereocenters. The van der Waals surface area contributed by atoms with Crippen LogP contribution in [-0.2, 0) is 22.7 Å². The Labute approximate surface area is 172 Å². The van der Waals surface area contributed by atoms with Crippen LogP contribution in [-0.4, -0.2) is 39.7 Å². The number of nitrogens with zero attached hydrogens (tertiary/aromatic N) is 1. The molecule has 0 spiro atoms. The van der Waals surface area contributed by atoms with Gasteiger partial charge in [0.25, 0.3) is 11.8 Å². The smallest absolute Gasteiger partial charge is 0.264 e. The zero-order chi connectivity index (χ0) is 21.4. The van der Waals surface area contributed by atoms with Gasteiger partial charge in [-0.25, -0.2) is 0 Å². The van der Waals surface area contributed by atoms with Gasteiger partial charge in [0, 0.05) is 18.7 Å². The lowest BCUT2D eigenvalue weighted by Crippen LogP contribution is -2.54. The third-order valence-electron chi connectivity index (χ3n) is 5.53. The average molecular weight is 407 g/mol. The predicted octanol–water partition coefficient (Wildman–Crippen LogP) is 1.50. The maximum Gasteiger partial charge on any atom is 0.264 e. The molecule has 0 aromatic heterocycles. The van der Waals surface area contributed by atoms with Crippen LogP contribution in [0.3, 0.4) is 0 Å². The molecule has 30 heavy (non-hydrogen) atoms. The van der Waals surface area contributed by atoms with E-state index in [1.54, 1.807) is 18.2 Å². The molecule has 2 aromatic carbocycles. The van der Waals surface area contributed by atoms with Gasteiger partial charge in [-0.2, -0.15) is 0 Å². The molecule has 0 saturated carbocycles. The highest BCUT2D eigenvalue weighted by molar-refractivity contribution is 6.25. The van der Waals surface area contributed by atoms with Crippen LogP contribution in [0.5, 0.6) is 0 Å². The third kappa shape index (κ3) is 3.35. The Morgan fingerprint density at radius 1 is 1.13 bits per heavy atom. The third-order valence-corrected chi connectivity index (χ3v) is 5.53. The highest BCUT2D eigenvalue weighted by Gasteiger charge is 2.45. The van der Waals surface area contributed by atoms with Crippen LogP contribution in [0.4, 0.5) is 5.69 Å². The molecule has 1 atom stereocenters. The first-order valence-electron chi connectivity index (χ1n) is 9.68. The summed E-state index contributed by atoms with van der Waals surface area (Å²) in [4.78, 5) is 50.5. The first-order valence-corrected chi connectivity index (χ1v) is 9.68. The van der Waals surface area contributed by atoms with Crippen molar-refractivity contribution in [3.63, 3.8) is 0 Å². The van der Waals surface area contributed by atoms with Gasteiger partial charge in [0.1, 0.15) is 6.04 Å². The second kappa shape index (κ2) is 7.72. The molecule has 0 aliphatic carbocycles. The fourth-order valence-electron chi connectivity index (χ4n) is 3.91. The van der Waals surface area contributed by atoms with Crippen LogP contribution >= 0.6 is 0 Å². The lowest BCUT2D eigenvalue weighted by Gasteiger charge is -2.27. The molecule has 4 amide bonds. The summed E-state index contributed by atoms with van der Waals surface area (Å²) in [6.07, 6.45) is 0.202. The minimum atomic E-state index is -0.990. The number of aliphatic hydroxyl groups is 1. The number of anilines is 1. The van der Waals surface area contributed by atoms with Crippen LogP contribution in [0.15, 0.2) is 36.4 Å². The summed E-state index contributed by atoms with van der Waals surface area (Å²) in [5, 5.41) is 14.7. The average Bonchev–Trinajstić information content (AvgIpc) is 2.98. The van der Waals surface area contributed by atoms with Gasteiger partial charge < -0.3 is 10.4 Å². The van der Waals surface area contributed by atoms with Gasteiger partial charge in [0.15, 0.2) is 0 Å². The summed E-state index contributed by atoms with van der Waals surface area (Å²) in [5.74, 6) is -2.11. The maximum absolute atomic E-state index is 13.1. The quantitative estimate of drug-likeness (QED) is 0.647. The van der Waals surface area contributed by atoms with Crippen molar-refractivity contribution in [2.75, 3.05) is 5.32 Å². The minimum absolute atomic E-state index is 0.0342. The number of hydrogen-bond donors (Lipinski definition) is 3. The van der Waals surface area contributed by atoms with Crippen molar-refractivity contribution >= 4 is 29.3 Å². The second-order valence-corrected chi connectivity index (χ2v) is 7.45. The molecule has 0 radical (unpaired) electrons. The molecule has 2 aromatic rings. The molecule has 8 nitrogen and oxygen atoms in total. The number of hydrogen-bond acceptors (Lipinski definition) is 6. The fraction of sp³-hybridized carbons (Fsp3) is 0.273. The largest absolute Gasteiger partial charge is 0.392 e. The van der Waals surface area contributed by atoms with Gasteiger partial charge in [0.2, 0.25) is 11.8 Å². The number of carbonyl (C=O) groups excluding carboxylic acids is 4. The highest BCUT2D eigenvalue weighted by atomic mass is 16.3. The van der Waals surface area contributed by atoms with E-state index < -0.39 is 29.7 Å². The number of fused-ring (bicyclic) bond motifs is 1. The first-order chi connectivity index (χ1) is 14.4. The lowest BCUT2D eigenvalue weighted by atomic mass is 10.0. The standard InChI is InChI=1S/C22H21N3O5/c1-12-9-13(11-26)5-6-14(12)10-23-16-4-2-3-15-19(16)22(30)25(21(15)29)17-7-8-18(27)24-20(17)28/h2-6,9,17,23,26H,7-8,10-11H2,1H3,(H,24,27,28). The van der Waals surface area contributed by atoms with Crippen molar-refractivity contribution in [3.05, 3.63) is 64.2 Å². The van der Waals surface area contributed by atoms with Crippen molar-refractivity contribution in [1.82, 2.24) is 10.2 Å². The molecule has 8 heteroatoms. The van der Waals surface area contributed by atoms with Crippen molar-refractivity contribution in [1.29, 1.82) is 0 Å². The van der Waals surface area contributed by atoms with Gasteiger partial charge >= 0.3 is 0 Å². The summed E-state index contributed by atoms with van der Waals surface area (Å²) in [6.45, 7) is 2.33. The molecule has 0 bridgehead atoms. The molecule has 3 N–H and O–H groups in total. The topological polar surface area (TPSA) is 116 Å². The van der Waals surface area contributed by atoms with Gasteiger partial charge in [-0.1, -0.05) is 24.3 Å². The van der Waals surface area contributed by atoms with Crippen molar-refractivity contribution < 1.29 is 24.3 Å². The predicted molar refractivity (Wildman–Crippen MR) is 108 cm³/mol. The van der Waals surface area contributed by atoms with E-state index in [4.69, 9.17) is 0 Å². The summed E-state index contributed by atoms with van der Waals surface area (Å²) in [6, 6.07) is 9.60. The molecule has 2 aliphatic rings. The lowest BCUT2D eigenvalue weighted by molar-refractivity contribution is -0.136. The summed E-state index contributed by atoms with van der Waals surface area (Å²) >= 11 is 0. The molecular formula is C22H21N3O5. The van der Waals surface area contributed by atoms with Crippen LogP contribution in [0.2, 0.25) is 0 Å². The van der Waals surface area contributed by atoms with E-state index in [9.17, 15) is 24.3 Å². The van der Waals surface area contributed by atoms with Gasteiger partial charge in [-0.15, -0.1) is 0 Å². The molecule has 1 saturated heterocycles. The van der Waals surface area contributed by atoms with Crippen molar-refractivity contribution in [3.8, 4) is 0 Å². The van der Waals surface area contributed by atoms with Crippen LogP contribution in [0.25, 0.3) is 0 Å². The minimum Gasteiger partial charge on any atom is -0.392 e. The first kappa shape index (κ1) is 19.8. The summed E-state index contributed by atoms with van der Waals surface area (Å²) in [7, 11) is 0. The van der Waals surface area contributed by atoms with E-state index >= 15 is 0 Å². The number of rotatable bonds is 5. The Balaban J connectivity index is 1.59. The fourth-order valence-corrected chi connectivity index (χ4v) is 3.91. The highest BCUT2D eigenvalue weighted by Crippen LogP contribution is 2.32. The number of aryl methyl sites for hydroxylation is 1. The van der Waals surface area contributed by atoms with E-state index in [1.165, 1.54) is 0 Å². The Hall–Kier alpha value is -3.52. The molecule has 2 aliphatic heterocycles. The molecule has 4 rings (SSSR count). The SMILES string of the molecule is Cc1cc(CO)ccc1CNc1cccc2c1C(=O)N(C1CCC(=O)NC1=O)C2=O. The normalized spacial score (nSPS) is 18.5. The van der Waals surface area contributed by atoms with Crippen molar-refractivity contribution in [2.45, 2.75) is 39.0 Å². The molecule has 154 valence electrons. The number of amides is 4. The number of nitrogens with one attached hydrogen (secondary N) is 2. The van der Waals surface area contributed by atoms with Gasteiger partial charge in [-0.3, -0.25) is 29.4 Å². The van der Waals surface area contributed by atoms with Gasteiger partial charge in [0.05, 0.1) is 17.7 Å². The van der Waals surface area contributed by atoms with E-state index in [0.29, 0.717) is 12.2 Å². The van der Waals surface area contributed by atoms with E-state index in [2.05, 4.69) is 10.6 Å². The zero-order valence-electron chi connectivity index (χ0n) is 16.4. The number of imide groups is 2. The Kier molecular flexibility index (Phi) is 5.09. The number of benzene rings is 2. The Morgan fingerprint density at radius 2 is 1.93 bits per heavy atom. The Bertz CT molecular complexity index is 1080. The number of aliphatic hydroxyl groups excluding tert-OH is 1. The van der Waals surface area contributed by atoms with Crippen LogP contribution in [0, 0.1) is 6.92 Å². The van der Waals surface area contributed by atoms with E-state index in [0.717, 1.165) is 21.6 Å².